The highest BCUT2D eigenvalue weighted by atomic mass is 35.5. The van der Waals surface area contributed by atoms with E-state index in [2.05, 4.69) is 4.74 Å². The highest BCUT2D eigenvalue weighted by Gasteiger charge is 2.16. The lowest BCUT2D eigenvalue weighted by Gasteiger charge is -2.25. The first-order valence-electron chi connectivity index (χ1n) is 6.88. The van der Waals surface area contributed by atoms with E-state index in [0.717, 1.165) is 0 Å². The summed E-state index contributed by atoms with van der Waals surface area (Å²) in [7, 11) is 4.22. The third-order valence-corrected chi connectivity index (χ3v) is 3.48. The Morgan fingerprint density at radius 3 is 2.52 bits per heavy atom. The number of likely N-dealkylation sites (N-methyl/N-ethyl adjacent to an activating group) is 1. The summed E-state index contributed by atoms with van der Waals surface area (Å²) in [5.74, 6) is -0.835. The first-order valence-corrected chi connectivity index (χ1v) is 7.41. The van der Waals surface area contributed by atoms with Gasteiger partial charge in [-0.1, -0.05) is 6.07 Å². The summed E-state index contributed by atoms with van der Waals surface area (Å²) in [5, 5.41) is 0. The van der Waals surface area contributed by atoms with Crippen LogP contribution in [0.1, 0.15) is 5.56 Å². The molecule has 1 aromatic rings. The number of amides is 2. The lowest BCUT2D eigenvalue weighted by molar-refractivity contribution is -0.129. The molecule has 0 spiro atoms. The molecule has 0 radical (unpaired) electrons. The van der Waals surface area contributed by atoms with Crippen molar-refractivity contribution in [2.75, 3.05) is 40.2 Å². The summed E-state index contributed by atoms with van der Waals surface area (Å²) in [4.78, 5) is 26.1. The lowest BCUT2D eigenvalue weighted by atomic mass is 10.2. The van der Waals surface area contributed by atoms with Gasteiger partial charge in [-0.15, -0.1) is 11.6 Å². The van der Waals surface area contributed by atoms with Gasteiger partial charge in [-0.25, -0.2) is 9.18 Å². The second-order valence-corrected chi connectivity index (χ2v) is 5.08. The van der Waals surface area contributed by atoms with Gasteiger partial charge in [0, 0.05) is 26.7 Å². The minimum Gasteiger partial charge on any atom is -0.494 e. The molecule has 23 heavy (non-hydrogen) atoms. The molecule has 0 unspecified atom stereocenters. The van der Waals surface area contributed by atoms with Crippen LogP contribution in [0.2, 0.25) is 0 Å². The van der Waals surface area contributed by atoms with E-state index >= 15 is 0 Å². The van der Waals surface area contributed by atoms with Gasteiger partial charge in [0.2, 0.25) is 5.91 Å². The van der Waals surface area contributed by atoms with E-state index in [-0.39, 0.29) is 37.2 Å². The standard InChI is InChI=1S/C15H20ClFN2O4/c1-18(15(21)23-3)6-7-19(14(20)9-16)10-11-4-5-12(17)13(8-11)22-2/h4-5,8H,6-7,9-10H2,1-3H3. The Balaban J connectivity index is 2.79. The molecule has 2 amide bonds. The van der Waals surface area contributed by atoms with E-state index in [1.165, 1.54) is 36.2 Å². The van der Waals surface area contributed by atoms with Crippen molar-refractivity contribution < 1.29 is 23.5 Å². The van der Waals surface area contributed by atoms with Crippen LogP contribution in [0.25, 0.3) is 0 Å². The first-order chi connectivity index (χ1) is 10.9. The number of nitrogens with zero attached hydrogens (tertiary/aromatic N) is 2. The van der Waals surface area contributed by atoms with Crippen LogP contribution in [0.4, 0.5) is 9.18 Å². The SMILES string of the molecule is COC(=O)N(C)CCN(Cc1ccc(F)c(OC)c1)C(=O)CCl. The number of alkyl halides is 1. The van der Waals surface area contributed by atoms with Gasteiger partial charge >= 0.3 is 6.09 Å². The molecule has 0 aliphatic heterocycles. The van der Waals surface area contributed by atoms with Crippen LogP contribution in [-0.4, -0.2) is 62.0 Å². The van der Waals surface area contributed by atoms with Crippen molar-refractivity contribution in [3.63, 3.8) is 0 Å². The fraction of sp³-hybridized carbons (Fsp3) is 0.467. The van der Waals surface area contributed by atoms with Gasteiger partial charge in [0.15, 0.2) is 11.6 Å². The fourth-order valence-electron chi connectivity index (χ4n) is 1.92. The third-order valence-electron chi connectivity index (χ3n) is 3.25. The zero-order valence-corrected chi connectivity index (χ0v) is 14.1. The van der Waals surface area contributed by atoms with Gasteiger partial charge in [0.1, 0.15) is 5.88 Å². The Labute approximate surface area is 139 Å². The van der Waals surface area contributed by atoms with Gasteiger partial charge in [-0.3, -0.25) is 4.79 Å². The topological polar surface area (TPSA) is 59.1 Å². The molecule has 0 bridgehead atoms. The Hall–Kier alpha value is -2.02. The molecule has 0 aromatic heterocycles. The maximum Gasteiger partial charge on any atom is 0.409 e. The molecule has 0 heterocycles. The van der Waals surface area contributed by atoms with Crippen molar-refractivity contribution in [3.8, 4) is 5.75 Å². The number of methoxy groups -OCH3 is 2. The molecule has 0 aliphatic carbocycles. The smallest absolute Gasteiger partial charge is 0.409 e. The van der Waals surface area contributed by atoms with Crippen LogP contribution in [-0.2, 0) is 16.1 Å². The molecule has 0 N–H and O–H groups in total. The Morgan fingerprint density at radius 1 is 1.26 bits per heavy atom. The van der Waals surface area contributed by atoms with Crippen molar-refractivity contribution >= 4 is 23.6 Å². The summed E-state index contributed by atoms with van der Waals surface area (Å²) in [6.45, 7) is 0.793. The molecular formula is C15H20ClFN2O4. The van der Waals surface area contributed by atoms with Crippen molar-refractivity contribution in [3.05, 3.63) is 29.6 Å². The number of hydrogen-bond acceptors (Lipinski definition) is 4. The number of benzene rings is 1. The summed E-state index contributed by atoms with van der Waals surface area (Å²) in [5.41, 5.74) is 0.697. The minimum absolute atomic E-state index is 0.104. The van der Waals surface area contributed by atoms with Crippen LogP contribution in [0.15, 0.2) is 18.2 Å². The number of hydrogen-bond donors (Lipinski definition) is 0. The largest absolute Gasteiger partial charge is 0.494 e. The van der Waals surface area contributed by atoms with Crippen LogP contribution < -0.4 is 4.74 Å². The maximum absolute atomic E-state index is 13.4. The van der Waals surface area contributed by atoms with Crippen molar-refractivity contribution in [2.24, 2.45) is 0 Å². The van der Waals surface area contributed by atoms with Crippen molar-refractivity contribution in [1.29, 1.82) is 0 Å². The zero-order chi connectivity index (χ0) is 17.4. The summed E-state index contributed by atoms with van der Waals surface area (Å²) in [6.07, 6.45) is -0.494. The monoisotopic (exact) mass is 346 g/mol. The molecule has 6 nitrogen and oxygen atoms in total. The Bertz CT molecular complexity index is 556. The van der Waals surface area contributed by atoms with E-state index in [1.807, 2.05) is 0 Å². The Morgan fingerprint density at radius 2 is 1.96 bits per heavy atom. The first kappa shape index (κ1) is 19.0. The van der Waals surface area contributed by atoms with Crippen LogP contribution in [0.5, 0.6) is 5.75 Å². The molecule has 0 aliphatic rings. The molecule has 0 atom stereocenters. The maximum atomic E-state index is 13.4. The van der Waals surface area contributed by atoms with Crippen molar-refractivity contribution in [1.82, 2.24) is 9.80 Å². The lowest BCUT2D eigenvalue weighted by Crippen LogP contribution is -2.39. The fourth-order valence-corrected chi connectivity index (χ4v) is 2.09. The highest BCUT2D eigenvalue weighted by molar-refractivity contribution is 6.27. The second-order valence-electron chi connectivity index (χ2n) is 4.81. The molecule has 8 heteroatoms. The third kappa shape index (κ3) is 5.59. The van der Waals surface area contributed by atoms with Gasteiger partial charge in [0.05, 0.1) is 14.2 Å². The number of carbonyl (C=O) groups excluding carboxylic acids is 2. The normalized spacial score (nSPS) is 10.1. The Kier molecular flexibility index (Phi) is 7.61. The molecular weight excluding hydrogens is 327 g/mol. The summed E-state index contributed by atoms with van der Waals surface area (Å²) in [6, 6.07) is 4.36. The van der Waals surface area contributed by atoms with Gasteiger partial charge in [0.25, 0.3) is 0 Å². The number of halogens is 2. The average Bonchev–Trinajstić information content (AvgIpc) is 2.57. The van der Waals surface area contributed by atoms with E-state index in [4.69, 9.17) is 16.3 Å². The van der Waals surface area contributed by atoms with Crippen molar-refractivity contribution in [2.45, 2.75) is 6.54 Å². The molecule has 0 saturated heterocycles. The molecule has 1 rings (SSSR count). The van der Waals surface area contributed by atoms with E-state index in [1.54, 1.807) is 13.1 Å². The van der Waals surface area contributed by atoms with Gasteiger partial charge in [-0.2, -0.15) is 0 Å². The van der Waals surface area contributed by atoms with Crippen LogP contribution in [0, 0.1) is 5.82 Å². The number of rotatable bonds is 7. The van der Waals surface area contributed by atoms with E-state index in [0.29, 0.717) is 5.56 Å². The number of ether oxygens (including phenoxy) is 2. The van der Waals surface area contributed by atoms with Crippen LogP contribution in [0.3, 0.4) is 0 Å². The highest BCUT2D eigenvalue weighted by Crippen LogP contribution is 2.19. The quantitative estimate of drug-likeness (QED) is 0.709. The van der Waals surface area contributed by atoms with Gasteiger partial charge in [-0.05, 0) is 17.7 Å². The second kappa shape index (κ2) is 9.19. The molecule has 0 fully saturated rings. The zero-order valence-electron chi connectivity index (χ0n) is 13.3. The predicted molar refractivity (Wildman–Crippen MR) is 84.1 cm³/mol. The predicted octanol–water partition coefficient (Wildman–Crippen LogP) is 2.10. The molecule has 128 valence electrons. The minimum atomic E-state index is -0.494. The average molecular weight is 347 g/mol. The number of carbonyl (C=O) groups is 2. The van der Waals surface area contributed by atoms with E-state index in [9.17, 15) is 14.0 Å². The molecule has 1 aromatic carbocycles. The summed E-state index contributed by atoms with van der Waals surface area (Å²) >= 11 is 5.62. The van der Waals surface area contributed by atoms with Crippen LogP contribution >= 0.6 is 11.6 Å². The summed E-state index contributed by atoms with van der Waals surface area (Å²) < 4.78 is 22.9. The molecule has 0 saturated carbocycles. The van der Waals surface area contributed by atoms with E-state index < -0.39 is 11.9 Å². The van der Waals surface area contributed by atoms with Gasteiger partial charge < -0.3 is 19.3 Å².